The molecule has 86 valence electrons. The number of fused-ring (bicyclic) bond motifs is 1. The Balaban J connectivity index is 2.94. The van der Waals surface area contributed by atoms with Gasteiger partial charge in [0, 0.05) is 7.05 Å². The summed E-state index contributed by atoms with van der Waals surface area (Å²) in [6, 6.07) is 0. The second kappa shape index (κ2) is 3.60. The van der Waals surface area contributed by atoms with Crippen molar-refractivity contribution in [2.45, 2.75) is 19.5 Å². The summed E-state index contributed by atoms with van der Waals surface area (Å²) in [4.78, 5) is 30.5. The van der Waals surface area contributed by atoms with Gasteiger partial charge in [-0.1, -0.05) is 6.92 Å². The fraction of sp³-hybridized carbons (Fsp3) is 0.444. The highest BCUT2D eigenvalue weighted by Gasteiger charge is 2.16. The first-order valence-corrected chi connectivity index (χ1v) is 4.98. The minimum Gasteiger partial charge on any atom is -0.339 e. The molecule has 2 rings (SSSR count). The first kappa shape index (κ1) is 10.6. The summed E-state index contributed by atoms with van der Waals surface area (Å²) in [5.74, 6) is 0. The van der Waals surface area contributed by atoms with E-state index >= 15 is 0 Å². The first-order valence-electron chi connectivity index (χ1n) is 4.98. The molecule has 0 aliphatic heterocycles. The molecule has 3 N–H and O–H groups in total. The van der Waals surface area contributed by atoms with Crippen molar-refractivity contribution in [3.05, 3.63) is 27.2 Å². The topological polar surface area (TPSA) is 98.7 Å². The number of imidazole rings is 1. The largest absolute Gasteiger partial charge is 0.339 e. The van der Waals surface area contributed by atoms with Crippen LogP contribution in [0.4, 0.5) is 0 Å². The predicted octanol–water partition coefficient (Wildman–Crippen LogP) is -0.709. The van der Waals surface area contributed by atoms with Crippen LogP contribution in [0, 0.1) is 0 Å². The van der Waals surface area contributed by atoms with Gasteiger partial charge in [0.25, 0.3) is 5.56 Å². The molecule has 0 fully saturated rings. The molecule has 2 aromatic heterocycles. The Morgan fingerprint density at radius 1 is 1.56 bits per heavy atom. The molecule has 2 heterocycles. The number of nitrogens with two attached hydrogens (primary N) is 1. The maximum atomic E-state index is 12.0. The summed E-state index contributed by atoms with van der Waals surface area (Å²) in [7, 11) is 1.56. The van der Waals surface area contributed by atoms with Gasteiger partial charge in [-0.05, 0) is 6.42 Å². The molecule has 0 saturated heterocycles. The average molecular weight is 223 g/mol. The summed E-state index contributed by atoms with van der Waals surface area (Å²) >= 11 is 0. The van der Waals surface area contributed by atoms with Gasteiger partial charge in [-0.25, -0.2) is 14.3 Å². The predicted molar refractivity (Wildman–Crippen MR) is 59.1 cm³/mol. The van der Waals surface area contributed by atoms with E-state index in [0.29, 0.717) is 17.6 Å². The maximum absolute atomic E-state index is 12.0. The Hall–Kier alpha value is -1.89. The Morgan fingerprint density at radius 3 is 2.88 bits per heavy atom. The molecule has 0 radical (unpaired) electrons. The fourth-order valence-electron chi connectivity index (χ4n) is 1.63. The molecule has 2 aromatic rings. The number of hydrogen-bond donors (Lipinski definition) is 2. The number of aromatic amines is 1. The summed E-state index contributed by atoms with van der Waals surface area (Å²) < 4.78 is 2.35. The number of H-pyrrole nitrogens is 1. The lowest BCUT2D eigenvalue weighted by molar-refractivity contribution is 0.459. The van der Waals surface area contributed by atoms with Crippen LogP contribution in [-0.4, -0.2) is 19.1 Å². The second-order valence-corrected chi connectivity index (χ2v) is 3.59. The number of rotatable bonds is 2. The Kier molecular flexibility index (Phi) is 2.39. The van der Waals surface area contributed by atoms with Crippen LogP contribution in [0.3, 0.4) is 0 Å². The molecule has 0 aliphatic carbocycles. The quantitative estimate of drug-likeness (QED) is 0.702. The third-order valence-corrected chi connectivity index (χ3v) is 2.61. The highest BCUT2D eigenvalue weighted by molar-refractivity contribution is 5.68. The molecular formula is C9H13N5O2. The van der Waals surface area contributed by atoms with Gasteiger partial charge in [0.15, 0.2) is 5.65 Å². The molecule has 0 saturated carbocycles. The highest BCUT2D eigenvalue weighted by atomic mass is 16.2. The van der Waals surface area contributed by atoms with Crippen LogP contribution in [0.25, 0.3) is 11.2 Å². The van der Waals surface area contributed by atoms with Crippen LogP contribution in [0.2, 0.25) is 0 Å². The van der Waals surface area contributed by atoms with Crippen molar-refractivity contribution in [1.29, 1.82) is 0 Å². The van der Waals surface area contributed by atoms with E-state index in [0.717, 1.165) is 4.57 Å². The molecule has 7 nitrogen and oxygen atoms in total. The zero-order valence-electron chi connectivity index (χ0n) is 9.10. The van der Waals surface area contributed by atoms with Crippen molar-refractivity contribution in [1.82, 2.24) is 19.1 Å². The van der Waals surface area contributed by atoms with Crippen LogP contribution in [0.15, 0.2) is 15.9 Å². The maximum Gasteiger partial charge on any atom is 0.333 e. The molecule has 1 atom stereocenters. The molecule has 0 spiro atoms. The van der Waals surface area contributed by atoms with Gasteiger partial charge in [-0.2, -0.15) is 0 Å². The molecule has 0 aromatic carbocycles. The van der Waals surface area contributed by atoms with Crippen molar-refractivity contribution in [3.63, 3.8) is 0 Å². The molecular weight excluding hydrogens is 210 g/mol. The van der Waals surface area contributed by atoms with Gasteiger partial charge in [-0.15, -0.1) is 0 Å². The second-order valence-electron chi connectivity index (χ2n) is 3.59. The molecule has 16 heavy (non-hydrogen) atoms. The molecule has 0 amide bonds. The number of nitrogens with one attached hydrogen (secondary N) is 1. The van der Waals surface area contributed by atoms with E-state index < -0.39 is 17.4 Å². The Morgan fingerprint density at radius 2 is 2.25 bits per heavy atom. The number of aromatic nitrogens is 4. The summed E-state index contributed by atoms with van der Waals surface area (Å²) in [6.07, 6.45) is 1.28. The van der Waals surface area contributed by atoms with Crippen LogP contribution >= 0.6 is 0 Å². The normalized spacial score (nSPS) is 13.2. The van der Waals surface area contributed by atoms with Crippen LogP contribution in [0.5, 0.6) is 0 Å². The monoisotopic (exact) mass is 223 g/mol. The van der Waals surface area contributed by atoms with E-state index in [1.54, 1.807) is 7.05 Å². The standard InChI is InChI=1S/C9H13N5O2/c1-3-5(10)14-8(15)6-7(12-4-11-6)13(2)9(14)16/h4-5H,3,10H2,1-2H3,(H,11,12). The van der Waals surface area contributed by atoms with Crippen molar-refractivity contribution < 1.29 is 0 Å². The van der Waals surface area contributed by atoms with Crippen LogP contribution < -0.4 is 17.0 Å². The lowest BCUT2D eigenvalue weighted by atomic mass is 10.3. The van der Waals surface area contributed by atoms with E-state index in [1.165, 1.54) is 10.9 Å². The summed E-state index contributed by atoms with van der Waals surface area (Å²) in [5, 5.41) is 0. The molecule has 0 aliphatic rings. The number of hydrogen-bond acceptors (Lipinski definition) is 4. The minimum atomic E-state index is -0.612. The zero-order valence-corrected chi connectivity index (χ0v) is 9.10. The lowest BCUT2D eigenvalue weighted by Crippen LogP contribution is -2.44. The van der Waals surface area contributed by atoms with Crippen molar-refractivity contribution in [2.24, 2.45) is 12.8 Å². The van der Waals surface area contributed by atoms with Gasteiger partial charge in [0.05, 0.1) is 12.5 Å². The van der Waals surface area contributed by atoms with Gasteiger partial charge in [0.2, 0.25) is 0 Å². The summed E-state index contributed by atoms with van der Waals surface area (Å²) in [6.45, 7) is 1.81. The van der Waals surface area contributed by atoms with Gasteiger partial charge >= 0.3 is 5.69 Å². The Labute approximate surface area is 90.5 Å². The van der Waals surface area contributed by atoms with Crippen molar-refractivity contribution >= 4 is 11.2 Å². The van der Waals surface area contributed by atoms with Crippen LogP contribution in [0.1, 0.15) is 19.5 Å². The number of nitrogens with zero attached hydrogens (tertiary/aromatic N) is 3. The van der Waals surface area contributed by atoms with E-state index in [-0.39, 0.29) is 0 Å². The molecule has 7 heteroatoms. The molecule has 0 bridgehead atoms. The highest BCUT2D eigenvalue weighted by Crippen LogP contribution is 2.02. The number of aryl methyl sites for hydroxylation is 1. The Bertz CT molecular complexity index is 635. The van der Waals surface area contributed by atoms with E-state index in [1.807, 2.05) is 6.92 Å². The third-order valence-electron chi connectivity index (χ3n) is 2.61. The van der Waals surface area contributed by atoms with E-state index in [4.69, 9.17) is 5.73 Å². The fourth-order valence-corrected chi connectivity index (χ4v) is 1.63. The SMILES string of the molecule is CCC(N)n1c(=O)c2[nH]cnc2n(C)c1=O. The van der Waals surface area contributed by atoms with Crippen LogP contribution in [-0.2, 0) is 7.05 Å². The lowest BCUT2D eigenvalue weighted by Gasteiger charge is -2.13. The average Bonchev–Trinajstić information content (AvgIpc) is 2.75. The smallest absolute Gasteiger partial charge is 0.333 e. The zero-order chi connectivity index (χ0) is 11.9. The van der Waals surface area contributed by atoms with Gasteiger partial charge in [0.1, 0.15) is 5.52 Å². The van der Waals surface area contributed by atoms with Crippen molar-refractivity contribution in [2.75, 3.05) is 0 Å². The third kappa shape index (κ3) is 1.28. The van der Waals surface area contributed by atoms with E-state index in [2.05, 4.69) is 9.97 Å². The van der Waals surface area contributed by atoms with Gasteiger partial charge < -0.3 is 10.7 Å². The molecule has 1 unspecified atom stereocenters. The van der Waals surface area contributed by atoms with Gasteiger partial charge in [-0.3, -0.25) is 9.36 Å². The van der Waals surface area contributed by atoms with E-state index in [9.17, 15) is 9.59 Å². The van der Waals surface area contributed by atoms with Crippen molar-refractivity contribution in [3.8, 4) is 0 Å². The first-order chi connectivity index (χ1) is 7.57. The minimum absolute atomic E-state index is 0.297. The summed E-state index contributed by atoms with van der Waals surface area (Å²) in [5.41, 5.74) is 5.51.